The predicted molar refractivity (Wildman–Crippen MR) is 82.0 cm³/mol. The van der Waals surface area contributed by atoms with Gasteiger partial charge in [0.25, 0.3) is 0 Å². The van der Waals surface area contributed by atoms with Crippen LogP contribution < -0.4 is 9.47 Å². The molecule has 2 aromatic carbocycles. The van der Waals surface area contributed by atoms with Crippen LogP contribution in [0.15, 0.2) is 42.5 Å². The number of hydrogen-bond donors (Lipinski definition) is 1. The lowest BCUT2D eigenvalue weighted by atomic mass is 9.97. The van der Waals surface area contributed by atoms with Crippen molar-refractivity contribution in [2.75, 3.05) is 0 Å². The average Bonchev–Trinajstić information content (AvgIpc) is 2.47. The van der Waals surface area contributed by atoms with E-state index in [-0.39, 0.29) is 12.2 Å². The van der Waals surface area contributed by atoms with Crippen LogP contribution in [-0.4, -0.2) is 11.2 Å². The van der Waals surface area contributed by atoms with Gasteiger partial charge in [0.15, 0.2) is 0 Å². The van der Waals surface area contributed by atoms with E-state index in [2.05, 4.69) is 12.1 Å². The summed E-state index contributed by atoms with van der Waals surface area (Å²) >= 11 is 0. The average molecular weight is 284 g/mol. The Hall–Kier alpha value is -2.16. The van der Waals surface area contributed by atoms with E-state index in [1.165, 1.54) is 0 Å². The Morgan fingerprint density at radius 1 is 1.14 bits per heavy atom. The van der Waals surface area contributed by atoms with Gasteiger partial charge in [0, 0.05) is 0 Å². The Kier molecular flexibility index (Phi) is 3.74. The number of fused-ring (bicyclic) bond motifs is 1. The maximum atomic E-state index is 9.50. The highest BCUT2D eigenvalue weighted by atomic mass is 16.5. The number of aryl methyl sites for hydroxylation is 1. The molecule has 1 unspecified atom stereocenters. The molecule has 0 fully saturated rings. The van der Waals surface area contributed by atoms with Gasteiger partial charge in [0.05, 0.1) is 6.10 Å². The van der Waals surface area contributed by atoms with Crippen molar-refractivity contribution in [3.63, 3.8) is 0 Å². The summed E-state index contributed by atoms with van der Waals surface area (Å²) in [5, 5.41) is 9.50. The van der Waals surface area contributed by atoms with Crippen LogP contribution in [0.2, 0.25) is 0 Å². The number of rotatable bonds is 3. The van der Waals surface area contributed by atoms with E-state index in [0.29, 0.717) is 5.75 Å². The minimum atomic E-state index is 0.0649. The van der Waals surface area contributed by atoms with Crippen molar-refractivity contribution in [2.45, 2.75) is 38.9 Å². The number of aromatic hydroxyl groups is 1. The molecule has 1 aliphatic rings. The summed E-state index contributed by atoms with van der Waals surface area (Å²) in [5.74, 6) is 2.05. The third-order valence-corrected chi connectivity index (χ3v) is 3.61. The van der Waals surface area contributed by atoms with Crippen LogP contribution in [0.5, 0.6) is 17.2 Å². The number of hydrogen-bond acceptors (Lipinski definition) is 3. The molecule has 3 heteroatoms. The molecule has 1 atom stereocenters. The number of phenols is 1. The van der Waals surface area contributed by atoms with Crippen molar-refractivity contribution in [1.29, 1.82) is 0 Å². The number of ether oxygens (including phenoxy) is 2. The molecule has 21 heavy (non-hydrogen) atoms. The van der Waals surface area contributed by atoms with Crippen molar-refractivity contribution in [1.82, 2.24) is 0 Å². The summed E-state index contributed by atoms with van der Waals surface area (Å²) in [6.45, 7) is 4.04. The molecule has 110 valence electrons. The summed E-state index contributed by atoms with van der Waals surface area (Å²) in [6, 6.07) is 13.4. The minimum Gasteiger partial charge on any atom is -0.508 e. The highest BCUT2D eigenvalue weighted by Gasteiger charge is 2.21. The second-order valence-electron chi connectivity index (χ2n) is 5.67. The van der Waals surface area contributed by atoms with Gasteiger partial charge in [0.2, 0.25) is 0 Å². The Bertz CT molecular complexity index is 617. The van der Waals surface area contributed by atoms with Crippen LogP contribution in [0.25, 0.3) is 0 Å². The fourth-order valence-corrected chi connectivity index (χ4v) is 2.64. The fraction of sp³-hybridized carbons (Fsp3) is 0.333. The molecule has 0 saturated carbocycles. The first-order valence-corrected chi connectivity index (χ1v) is 7.37. The van der Waals surface area contributed by atoms with Gasteiger partial charge in [-0.15, -0.1) is 0 Å². The standard InChI is InChI=1S/C18H20O3/c1-12(2)20-16-7-3-13(4-8-16)17-9-5-14-11-15(19)6-10-18(14)21-17/h3-4,6-8,10-12,17,19H,5,9H2,1-2H3. The van der Waals surface area contributed by atoms with Crippen LogP contribution in [-0.2, 0) is 6.42 Å². The van der Waals surface area contributed by atoms with E-state index < -0.39 is 0 Å². The molecular weight excluding hydrogens is 264 g/mol. The van der Waals surface area contributed by atoms with Gasteiger partial charge in [-0.05, 0) is 68.1 Å². The van der Waals surface area contributed by atoms with Crippen LogP contribution >= 0.6 is 0 Å². The Morgan fingerprint density at radius 3 is 2.62 bits per heavy atom. The fourth-order valence-electron chi connectivity index (χ4n) is 2.64. The Morgan fingerprint density at radius 2 is 1.90 bits per heavy atom. The third kappa shape index (κ3) is 3.13. The van der Waals surface area contributed by atoms with Crippen molar-refractivity contribution in [3.05, 3.63) is 53.6 Å². The molecule has 0 aliphatic carbocycles. The second-order valence-corrected chi connectivity index (χ2v) is 5.67. The number of benzene rings is 2. The zero-order valence-electron chi connectivity index (χ0n) is 12.4. The minimum absolute atomic E-state index is 0.0649. The molecule has 0 spiro atoms. The largest absolute Gasteiger partial charge is 0.508 e. The topological polar surface area (TPSA) is 38.7 Å². The van der Waals surface area contributed by atoms with Crippen LogP contribution in [0, 0.1) is 0 Å². The first-order valence-electron chi connectivity index (χ1n) is 7.37. The maximum Gasteiger partial charge on any atom is 0.124 e. The highest BCUT2D eigenvalue weighted by Crippen LogP contribution is 2.36. The van der Waals surface area contributed by atoms with Crippen LogP contribution in [0.4, 0.5) is 0 Å². The van der Waals surface area contributed by atoms with Crippen LogP contribution in [0.3, 0.4) is 0 Å². The molecule has 1 N–H and O–H groups in total. The van der Waals surface area contributed by atoms with Crippen molar-refractivity contribution in [3.8, 4) is 17.2 Å². The molecule has 0 bridgehead atoms. The van der Waals surface area contributed by atoms with Gasteiger partial charge in [0.1, 0.15) is 23.4 Å². The van der Waals surface area contributed by atoms with Crippen LogP contribution in [0.1, 0.15) is 37.5 Å². The molecule has 1 aliphatic heterocycles. The normalized spacial score (nSPS) is 17.2. The first-order chi connectivity index (χ1) is 10.1. The van der Waals surface area contributed by atoms with Gasteiger partial charge < -0.3 is 14.6 Å². The van der Waals surface area contributed by atoms with Gasteiger partial charge in [-0.3, -0.25) is 0 Å². The predicted octanol–water partition coefficient (Wildman–Crippen LogP) is 4.25. The smallest absolute Gasteiger partial charge is 0.124 e. The van der Waals surface area contributed by atoms with E-state index in [9.17, 15) is 5.11 Å². The zero-order valence-corrected chi connectivity index (χ0v) is 12.4. The van der Waals surface area contributed by atoms with E-state index in [1.54, 1.807) is 12.1 Å². The molecule has 1 heterocycles. The summed E-state index contributed by atoms with van der Waals surface area (Å²) in [4.78, 5) is 0. The highest BCUT2D eigenvalue weighted by molar-refractivity contribution is 5.42. The molecular formula is C18H20O3. The molecule has 3 nitrogen and oxygen atoms in total. The lowest BCUT2D eigenvalue weighted by Gasteiger charge is -2.26. The van der Waals surface area contributed by atoms with Crippen molar-refractivity contribution >= 4 is 0 Å². The van der Waals surface area contributed by atoms with Crippen molar-refractivity contribution in [2.24, 2.45) is 0 Å². The molecule has 0 radical (unpaired) electrons. The zero-order chi connectivity index (χ0) is 14.8. The molecule has 0 amide bonds. The monoisotopic (exact) mass is 284 g/mol. The third-order valence-electron chi connectivity index (χ3n) is 3.61. The first kappa shape index (κ1) is 13.8. The summed E-state index contributed by atoms with van der Waals surface area (Å²) in [6.07, 6.45) is 2.08. The quantitative estimate of drug-likeness (QED) is 0.916. The summed E-state index contributed by atoms with van der Waals surface area (Å²) < 4.78 is 11.7. The summed E-state index contributed by atoms with van der Waals surface area (Å²) in [7, 11) is 0. The molecule has 0 saturated heterocycles. The van der Waals surface area contributed by atoms with E-state index in [1.807, 2.05) is 32.0 Å². The van der Waals surface area contributed by atoms with Gasteiger partial charge in [-0.25, -0.2) is 0 Å². The number of phenolic OH excluding ortho intramolecular Hbond substituents is 1. The van der Waals surface area contributed by atoms with E-state index in [4.69, 9.17) is 9.47 Å². The molecule has 3 rings (SSSR count). The van der Waals surface area contributed by atoms with Gasteiger partial charge in [-0.1, -0.05) is 12.1 Å². The lowest BCUT2D eigenvalue weighted by Crippen LogP contribution is -2.15. The molecule has 2 aromatic rings. The maximum absolute atomic E-state index is 9.50. The Balaban J connectivity index is 1.75. The lowest BCUT2D eigenvalue weighted by molar-refractivity contribution is 0.176. The van der Waals surface area contributed by atoms with Gasteiger partial charge in [-0.2, -0.15) is 0 Å². The SMILES string of the molecule is CC(C)Oc1ccc(C2CCc3cc(O)ccc3O2)cc1. The Labute approximate surface area is 125 Å². The van der Waals surface area contributed by atoms with Crippen molar-refractivity contribution < 1.29 is 14.6 Å². The van der Waals surface area contributed by atoms with E-state index >= 15 is 0 Å². The van der Waals surface area contributed by atoms with Gasteiger partial charge >= 0.3 is 0 Å². The second kappa shape index (κ2) is 5.68. The molecule has 0 aromatic heterocycles. The van der Waals surface area contributed by atoms with E-state index in [0.717, 1.165) is 35.5 Å². The summed E-state index contributed by atoms with van der Waals surface area (Å²) in [5.41, 5.74) is 2.23.